The Balaban J connectivity index is 2.50. The van der Waals surface area contributed by atoms with Gasteiger partial charge in [-0.2, -0.15) is 0 Å². The SMILES string of the molecule is CNCc1nc(C)c(-c2cc(F)ccc2OC)s1. The Morgan fingerprint density at radius 1 is 1.44 bits per heavy atom. The maximum atomic E-state index is 13.4. The van der Waals surface area contributed by atoms with Crippen molar-refractivity contribution in [1.29, 1.82) is 0 Å². The van der Waals surface area contributed by atoms with Gasteiger partial charge in [-0.15, -0.1) is 11.3 Å². The first-order valence-electron chi connectivity index (χ1n) is 5.60. The van der Waals surface area contributed by atoms with Gasteiger partial charge in [0.15, 0.2) is 0 Å². The molecule has 0 unspecified atom stereocenters. The van der Waals surface area contributed by atoms with Crippen LogP contribution in [0.5, 0.6) is 5.75 Å². The van der Waals surface area contributed by atoms with Gasteiger partial charge in [0.05, 0.1) is 17.7 Å². The maximum Gasteiger partial charge on any atom is 0.127 e. The Morgan fingerprint density at radius 3 is 2.89 bits per heavy atom. The number of thiazole rings is 1. The highest BCUT2D eigenvalue weighted by Crippen LogP contribution is 2.36. The van der Waals surface area contributed by atoms with Crippen LogP contribution in [0.1, 0.15) is 10.7 Å². The quantitative estimate of drug-likeness (QED) is 0.923. The van der Waals surface area contributed by atoms with E-state index in [-0.39, 0.29) is 5.82 Å². The number of rotatable bonds is 4. The van der Waals surface area contributed by atoms with Crippen molar-refractivity contribution < 1.29 is 9.13 Å². The molecule has 5 heteroatoms. The lowest BCUT2D eigenvalue weighted by molar-refractivity contribution is 0.415. The van der Waals surface area contributed by atoms with Gasteiger partial charge in [-0.25, -0.2) is 9.37 Å². The molecule has 18 heavy (non-hydrogen) atoms. The van der Waals surface area contributed by atoms with Crippen molar-refractivity contribution in [2.24, 2.45) is 0 Å². The van der Waals surface area contributed by atoms with E-state index in [0.717, 1.165) is 21.1 Å². The third-order valence-electron chi connectivity index (χ3n) is 2.58. The van der Waals surface area contributed by atoms with Crippen LogP contribution < -0.4 is 10.1 Å². The molecule has 0 amide bonds. The number of nitrogens with one attached hydrogen (secondary N) is 1. The first kappa shape index (κ1) is 13.0. The van der Waals surface area contributed by atoms with E-state index in [1.165, 1.54) is 12.1 Å². The van der Waals surface area contributed by atoms with Crippen LogP contribution in [-0.4, -0.2) is 19.1 Å². The highest BCUT2D eigenvalue weighted by atomic mass is 32.1. The average molecular weight is 266 g/mol. The molecule has 0 aliphatic carbocycles. The molecule has 3 nitrogen and oxygen atoms in total. The Morgan fingerprint density at radius 2 is 2.22 bits per heavy atom. The zero-order valence-corrected chi connectivity index (χ0v) is 11.4. The summed E-state index contributed by atoms with van der Waals surface area (Å²) in [5.74, 6) is 0.396. The van der Waals surface area contributed by atoms with Crippen LogP contribution in [0.25, 0.3) is 10.4 Å². The summed E-state index contributed by atoms with van der Waals surface area (Å²) in [5, 5.41) is 4.04. The minimum Gasteiger partial charge on any atom is -0.496 e. The molecule has 1 heterocycles. The van der Waals surface area contributed by atoms with Crippen LogP contribution in [0.4, 0.5) is 4.39 Å². The predicted molar refractivity (Wildman–Crippen MR) is 71.6 cm³/mol. The number of hydrogen-bond acceptors (Lipinski definition) is 4. The zero-order valence-electron chi connectivity index (χ0n) is 10.6. The summed E-state index contributed by atoms with van der Waals surface area (Å²) < 4.78 is 18.6. The average Bonchev–Trinajstić information content (AvgIpc) is 2.70. The molecular weight excluding hydrogens is 251 g/mol. The molecule has 96 valence electrons. The Bertz CT molecular complexity index is 554. The normalized spacial score (nSPS) is 10.7. The van der Waals surface area contributed by atoms with Crippen LogP contribution in [0.3, 0.4) is 0 Å². The number of halogens is 1. The monoisotopic (exact) mass is 266 g/mol. The van der Waals surface area contributed by atoms with E-state index in [1.54, 1.807) is 24.5 Å². The fourth-order valence-corrected chi connectivity index (χ4v) is 2.88. The highest BCUT2D eigenvalue weighted by molar-refractivity contribution is 7.15. The molecule has 0 fully saturated rings. The number of aromatic nitrogens is 1. The minimum atomic E-state index is -0.270. The molecule has 1 N–H and O–H groups in total. The molecule has 0 aliphatic rings. The van der Waals surface area contributed by atoms with Crippen LogP contribution in [-0.2, 0) is 6.54 Å². The van der Waals surface area contributed by atoms with E-state index in [4.69, 9.17) is 4.74 Å². The Labute approximate surface area is 110 Å². The van der Waals surface area contributed by atoms with E-state index in [9.17, 15) is 4.39 Å². The smallest absolute Gasteiger partial charge is 0.127 e. The largest absolute Gasteiger partial charge is 0.496 e. The third kappa shape index (κ3) is 2.52. The molecular formula is C13H15FN2OS. The maximum absolute atomic E-state index is 13.4. The lowest BCUT2D eigenvalue weighted by Crippen LogP contribution is -2.04. The lowest BCUT2D eigenvalue weighted by Gasteiger charge is -2.07. The fourth-order valence-electron chi connectivity index (χ4n) is 1.79. The van der Waals surface area contributed by atoms with Crippen molar-refractivity contribution in [2.45, 2.75) is 13.5 Å². The van der Waals surface area contributed by atoms with E-state index >= 15 is 0 Å². The van der Waals surface area contributed by atoms with E-state index in [1.807, 2.05) is 14.0 Å². The molecule has 0 atom stereocenters. The van der Waals surface area contributed by atoms with Gasteiger partial charge in [0.1, 0.15) is 16.6 Å². The molecule has 1 aromatic carbocycles. The number of aryl methyl sites for hydroxylation is 1. The van der Waals surface area contributed by atoms with E-state index in [2.05, 4.69) is 10.3 Å². The lowest BCUT2D eigenvalue weighted by atomic mass is 10.1. The van der Waals surface area contributed by atoms with Gasteiger partial charge in [-0.05, 0) is 32.2 Å². The van der Waals surface area contributed by atoms with Crippen LogP contribution in [0, 0.1) is 12.7 Å². The zero-order chi connectivity index (χ0) is 13.1. The van der Waals surface area contributed by atoms with Gasteiger partial charge in [-0.1, -0.05) is 0 Å². The number of benzene rings is 1. The molecule has 2 rings (SSSR count). The standard InChI is InChI=1S/C13H15FN2OS/c1-8-13(18-12(16-8)7-15-2)10-6-9(14)4-5-11(10)17-3/h4-6,15H,7H2,1-3H3. The summed E-state index contributed by atoms with van der Waals surface area (Å²) in [7, 11) is 3.46. The van der Waals surface area contributed by atoms with Crippen molar-refractivity contribution in [3.8, 4) is 16.2 Å². The molecule has 0 saturated carbocycles. The van der Waals surface area contributed by atoms with Gasteiger partial charge in [0.25, 0.3) is 0 Å². The number of methoxy groups -OCH3 is 1. The highest BCUT2D eigenvalue weighted by Gasteiger charge is 2.14. The summed E-state index contributed by atoms with van der Waals surface area (Å²) in [4.78, 5) is 5.42. The van der Waals surface area contributed by atoms with Crippen LogP contribution >= 0.6 is 11.3 Å². The molecule has 0 bridgehead atoms. The summed E-state index contributed by atoms with van der Waals surface area (Å²) in [5.41, 5.74) is 1.66. The Kier molecular flexibility index (Phi) is 3.93. The topological polar surface area (TPSA) is 34.2 Å². The second kappa shape index (κ2) is 5.46. The van der Waals surface area contributed by atoms with Crippen molar-refractivity contribution in [1.82, 2.24) is 10.3 Å². The summed E-state index contributed by atoms with van der Waals surface area (Å²) >= 11 is 1.56. The Hall–Kier alpha value is -1.46. The van der Waals surface area contributed by atoms with Crippen molar-refractivity contribution in [2.75, 3.05) is 14.2 Å². The first-order chi connectivity index (χ1) is 8.65. The molecule has 1 aromatic heterocycles. The first-order valence-corrected chi connectivity index (χ1v) is 6.42. The number of nitrogens with zero attached hydrogens (tertiary/aromatic N) is 1. The van der Waals surface area contributed by atoms with Gasteiger partial charge >= 0.3 is 0 Å². The summed E-state index contributed by atoms with van der Waals surface area (Å²) in [6.07, 6.45) is 0. The van der Waals surface area contributed by atoms with Gasteiger partial charge in [0.2, 0.25) is 0 Å². The molecule has 2 aromatic rings. The van der Waals surface area contributed by atoms with Crippen molar-refractivity contribution >= 4 is 11.3 Å². The van der Waals surface area contributed by atoms with Gasteiger partial charge < -0.3 is 10.1 Å². The summed E-state index contributed by atoms with van der Waals surface area (Å²) in [6, 6.07) is 4.53. The molecule has 0 saturated heterocycles. The van der Waals surface area contributed by atoms with Crippen LogP contribution in [0.15, 0.2) is 18.2 Å². The van der Waals surface area contributed by atoms with Crippen molar-refractivity contribution in [3.05, 3.63) is 34.7 Å². The second-order valence-electron chi connectivity index (χ2n) is 3.90. The van der Waals surface area contributed by atoms with Crippen LogP contribution in [0.2, 0.25) is 0 Å². The van der Waals surface area contributed by atoms with E-state index < -0.39 is 0 Å². The van der Waals surface area contributed by atoms with Gasteiger partial charge in [-0.3, -0.25) is 0 Å². The molecule has 0 spiro atoms. The summed E-state index contributed by atoms with van der Waals surface area (Å²) in [6.45, 7) is 2.64. The second-order valence-corrected chi connectivity index (χ2v) is 4.98. The minimum absolute atomic E-state index is 0.270. The number of hydrogen-bond donors (Lipinski definition) is 1. The predicted octanol–water partition coefficient (Wildman–Crippen LogP) is 2.99. The number of ether oxygens (including phenoxy) is 1. The van der Waals surface area contributed by atoms with E-state index in [0.29, 0.717) is 12.3 Å². The van der Waals surface area contributed by atoms with Crippen molar-refractivity contribution in [3.63, 3.8) is 0 Å². The molecule has 0 radical (unpaired) electrons. The fraction of sp³-hybridized carbons (Fsp3) is 0.308. The van der Waals surface area contributed by atoms with Gasteiger partial charge in [0, 0.05) is 12.1 Å². The molecule has 0 aliphatic heterocycles. The third-order valence-corrected chi connectivity index (χ3v) is 3.77.